The highest BCUT2D eigenvalue weighted by Gasteiger charge is 1.79. The van der Waals surface area contributed by atoms with Crippen LogP contribution in [-0.4, -0.2) is 6.21 Å². The molecule has 0 aromatic carbocycles. The highest BCUT2D eigenvalue weighted by atomic mass is 14.3. The lowest BCUT2D eigenvalue weighted by Crippen LogP contribution is -1.74. The lowest BCUT2D eigenvalue weighted by atomic mass is 10.2. The lowest BCUT2D eigenvalue weighted by molar-refractivity contribution is 1.04. The van der Waals surface area contributed by atoms with Gasteiger partial charge in [0.05, 0.1) is 0 Å². The van der Waals surface area contributed by atoms with Crippen LogP contribution in [0.25, 0.3) is 0 Å². The van der Waals surface area contributed by atoms with Gasteiger partial charge >= 0.3 is 0 Å². The van der Waals surface area contributed by atoms with Gasteiger partial charge in [-0.3, -0.25) is 0 Å². The molecule has 0 rings (SSSR count). The third-order valence-corrected chi connectivity index (χ3v) is 1.30. The van der Waals surface area contributed by atoms with Gasteiger partial charge in [0.25, 0.3) is 0 Å². The molecule has 0 aromatic rings. The molecule has 0 fully saturated rings. The average molecular weight is 149 g/mol. The SMILES string of the molecule is C=C/C=C\CCC=C(C)C=N. The minimum Gasteiger partial charge on any atom is -0.308 e. The van der Waals surface area contributed by atoms with E-state index in [2.05, 4.69) is 18.7 Å². The van der Waals surface area contributed by atoms with Gasteiger partial charge in [-0.15, -0.1) is 0 Å². The van der Waals surface area contributed by atoms with Crippen molar-refractivity contribution in [1.29, 1.82) is 5.41 Å². The molecule has 0 radical (unpaired) electrons. The van der Waals surface area contributed by atoms with Crippen molar-refractivity contribution in [3.63, 3.8) is 0 Å². The second-order valence-electron chi connectivity index (χ2n) is 2.33. The van der Waals surface area contributed by atoms with Gasteiger partial charge in [-0.25, -0.2) is 0 Å². The van der Waals surface area contributed by atoms with Crippen molar-refractivity contribution >= 4 is 6.21 Å². The Kier molecular flexibility index (Phi) is 6.30. The van der Waals surface area contributed by atoms with E-state index in [1.807, 2.05) is 13.0 Å². The molecule has 0 saturated carbocycles. The Morgan fingerprint density at radius 1 is 1.45 bits per heavy atom. The Balaban J connectivity index is 3.48. The molecule has 0 bridgehead atoms. The van der Waals surface area contributed by atoms with Crippen LogP contribution in [0.4, 0.5) is 0 Å². The fourth-order valence-electron chi connectivity index (χ4n) is 0.659. The van der Waals surface area contributed by atoms with E-state index in [-0.39, 0.29) is 0 Å². The molecule has 1 N–H and O–H groups in total. The Morgan fingerprint density at radius 2 is 2.18 bits per heavy atom. The van der Waals surface area contributed by atoms with Crippen LogP contribution in [0, 0.1) is 5.41 Å². The summed E-state index contributed by atoms with van der Waals surface area (Å²) in [6.45, 7) is 5.51. The summed E-state index contributed by atoms with van der Waals surface area (Å²) >= 11 is 0. The number of nitrogens with one attached hydrogen (secondary N) is 1. The van der Waals surface area contributed by atoms with Crippen LogP contribution in [0.5, 0.6) is 0 Å². The van der Waals surface area contributed by atoms with E-state index >= 15 is 0 Å². The number of rotatable bonds is 5. The second kappa shape index (κ2) is 7.00. The summed E-state index contributed by atoms with van der Waals surface area (Å²) < 4.78 is 0. The molecule has 60 valence electrons. The van der Waals surface area contributed by atoms with E-state index in [9.17, 15) is 0 Å². The number of unbranched alkanes of at least 4 members (excludes halogenated alkanes) is 1. The van der Waals surface area contributed by atoms with E-state index in [1.165, 1.54) is 6.21 Å². The van der Waals surface area contributed by atoms with Crippen molar-refractivity contribution in [2.24, 2.45) is 0 Å². The summed E-state index contributed by atoms with van der Waals surface area (Å²) in [5, 5.41) is 6.90. The van der Waals surface area contributed by atoms with Crippen LogP contribution in [0.15, 0.2) is 36.5 Å². The Labute approximate surface area is 68.6 Å². The van der Waals surface area contributed by atoms with Crippen LogP contribution in [0.2, 0.25) is 0 Å². The van der Waals surface area contributed by atoms with Gasteiger partial charge < -0.3 is 5.41 Å². The van der Waals surface area contributed by atoms with Crippen LogP contribution in [-0.2, 0) is 0 Å². The minimum absolute atomic E-state index is 1.01. The molecule has 0 aliphatic carbocycles. The summed E-state index contributed by atoms with van der Waals surface area (Å²) in [5.41, 5.74) is 1.03. The average Bonchev–Trinajstić information content (AvgIpc) is 2.04. The first-order valence-electron chi connectivity index (χ1n) is 3.76. The molecule has 0 saturated heterocycles. The monoisotopic (exact) mass is 149 g/mol. The maximum Gasteiger partial charge on any atom is 0.0203 e. The van der Waals surface area contributed by atoms with Crippen LogP contribution < -0.4 is 0 Å². The fraction of sp³-hybridized carbons (Fsp3) is 0.300. The molecule has 1 heteroatoms. The predicted molar refractivity (Wildman–Crippen MR) is 51.1 cm³/mol. The summed E-state index contributed by atoms with van der Waals surface area (Å²) in [4.78, 5) is 0. The normalized spacial score (nSPS) is 11.9. The third-order valence-electron chi connectivity index (χ3n) is 1.30. The smallest absolute Gasteiger partial charge is 0.0203 e. The molecule has 0 atom stereocenters. The van der Waals surface area contributed by atoms with Gasteiger partial charge in [0.15, 0.2) is 0 Å². The zero-order valence-electron chi connectivity index (χ0n) is 7.01. The summed E-state index contributed by atoms with van der Waals surface area (Å²) in [5.74, 6) is 0. The number of hydrogen-bond acceptors (Lipinski definition) is 1. The summed E-state index contributed by atoms with van der Waals surface area (Å²) in [6.07, 6.45) is 11.2. The quantitative estimate of drug-likeness (QED) is 0.353. The largest absolute Gasteiger partial charge is 0.308 e. The third kappa shape index (κ3) is 6.78. The first-order valence-corrected chi connectivity index (χ1v) is 3.76. The zero-order valence-corrected chi connectivity index (χ0v) is 7.01. The molecule has 0 heterocycles. The maximum absolute atomic E-state index is 6.90. The molecular formula is C10H15N. The lowest BCUT2D eigenvalue weighted by Gasteiger charge is -1.88. The summed E-state index contributed by atoms with van der Waals surface area (Å²) in [6, 6.07) is 0. The van der Waals surface area contributed by atoms with E-state index in [4.69, 9.17) is 5.41 Å². The molecule has 0 aliphatic heterocycles. The Morgan fingerprint density at radius 3 is 2.73 bits per heavy atom. The number of hydrogen-bond donors (Lipinski definition) is 1. The second-order valence-corrected chi connectivity index (χ2v) is 2.33. The minimum atomic E-state index is 1.01. The van der Waals surface area contributed by atoms with Gasteiger partial charge in [0.1, 0.15) is 0 Å². The van der Waals surface area contributed by atoms with Gasteiger partial charge in [-0.1, -0.05) is 30.9 Å². The number of allylic oxidation sites excluding steroid dienone is 5. The van der Waals surface area contributed by atoms with Crippen molar-refractivity contribution < 1.29 is 0 Å². The van der Waals surface area contributed by atoms with E-state index in [0.717, 1.165) is 18.4 Å². The standard InChI is InChI=1S/C10H15N/c1-3-4-5-6-7-8-10(2)9-11/h3-5,8-9,11H,1,6-7H2,2H3/b5-4-,10-8?,11-9?. The first-order chi connectivity index (χ1) is 5.31. The van der Waals surface area contributed by atoms with Crippen molar-refractivity contribution in [3.05, 3.63) is 36.5 Å². The van der Waals surface area contributed by atoms with Gasteiger partial charge in [0.2, 0.25) is 0 Å². The molecular weight excluding hydrogens is 134 g/mol. The van der Waals surface area contributed by atoms with E-state index in [0.29, 0.717) is 0 Å². The molecule has 0 aromatic heterocycles. The van der Waals surface area contributed by atoms with E-state index < -0.39 is 0 Å². The topological polar surface area (TPSA) is 23.9 Å². The molecule has 0 aliphatic rings. The molecule has 11 heavy (non-hydrogen) atoms. The van der Waals surface area contributed by atoms with Gasteiger partial charge in [-0.2, -0.15) is 0 Å². The maximum atomic E-state index is 6.90. The highest BCUT2D eigenvalue weighted by Crippen LogP contribution is 1.96. The van der Waals surface area contributed by atoms with Crippen molar-refractivity contribution in [1.82, 2.24) is 0 Å². The Hall–Kier alpha value is -1.11. The van der Waals surface area contributed by atoms with Crippen molar-refractivity contribution in [3.8, 4) is 0 Å². The van der Waals surface area contributed by atoms with Crippen LogP contribution in [0.3, 0.4) is 0 Å². The first kappa shape index (κ1) is 9.89. The van der Waals surface area contributed by atoms with Gasteiger partial charge in [0, 0.05) is 6.21 Å². The molecule has 1 nitrogen and oxygen atoms in total. The fourth-order valence-corrected chi connectivity index (χ4v) is 0.659. The van der Waals surface area contributed by atoms with Gasteiger partial charge in [-0.05, 0) is 25.3 Å². The molecule has 0 amide bonds. The highest BCUT2D eigenvalue weighted by molar-refractivity contribution is 5.74. The van der Waals surface area contributed by atoms with E-state index in [1.54, 1.807) is 6.08 Å². The van der Waals surface area contributed by atoms with Crippen LogP contribution >= 0.6 is 0 Å². The molecule has 0 unspecified atom stereocenters. The molecule has 0 spiro atoms. The predicted octanol–water partition coefficient (Wildman–Crippen LogP) is 3.10. The van der Waals surface area contributed by atoms with Crippen molar-refractivity contribution in [2.75, 3.05) is 0 Å². The van der Waals surface area contributed by atoms with Crippen LogP contribution in [0.1, 0.15) is 19.8 Å². The zero-order chi connectivity index (χ0) is 8.53. The summed E-state index contributed by atoms with van der Waals surface area (Å²) in [7, 11) is 0. The Bertz CT molecular complexity index is 175. The van der Waals surface area contributed by atoms with Crippen molar-refractivity contribution in [2.45, 2.75) is 19.8 Å².